The number of aromatic nitrogens is 1. The Balaban J connectivity index is 1.51. The van der Waals surface area contributed by atoms with Crippen LogP contribution in [-0.2, 0) is 4.74 Å². The van der Waals surface area contributed by atoms with Gasteiger partial charge in [-0.3, -0.25) is 4.98 Å². The van der Waals surface area contributed by atoms with Crippen LogP contribution in [0.2, 0.25) is 0 Å². The molecule has 0 atom stereocenters. The molecular weight excluding hydrogens is 254 g/mol. The lowest BCUT2D eigenvalue weighted by molar-refractivity contribution is 0.00981. The molecule has 0 bridgehead atoms. The molecule has 2 heterocycles. The Morgan fingerprint density at radius 1 is 1.25 bits per heavy atom. The molecular formula is C15H23N3O2. The van der Waals surface area contributed by atoms with Gasteiger partial charge in [0.15, 0.2) is 6.79 Å². The largest absolute Gasteiger partial charge is 0.466 e. The lowest BCUT2D eigenvalue weighted by Crippen LogP contribution is -2.27. The molecule has 5 heteroatoms. The molecule has 1 N–H and O–H groups in total. The number of nitrogens with one attached hydrogen (secondary N) is 1. The molecule has 1 aromatic rings. The van der Waals surface area contributed by atoms with Crippen molar-refractivity contribution in [2.75, 3.05) is 44.5 Å². The highest BCUT2D eigenvalue weighted by atomic mass is 16.7. The number of anilines is 1. The summed E-state index contributed by atoms with van der Waals surface area (Å²) in [5.41, 5.74) is 1.13. The van der Waals surface area contributed by atoms with Crippen LogP contribution in [0.4, 0.5) is 5.69 Å². The molecule has 0 unspecified atom stereocenters. The van der Waals surface area contributed by atoms with Gasteiger partial charge in [0.25, 0.3) is 0 Å². The summed E-state index contributed by atoms with van der Waals surface area (Å²) in [5.74, 6) is 1.56. The van der Waals surface area contributed by atoms with Crippen LogP contribution in [0.5, 0.6) is 5.75 Å². The second-order valence-electron chi connectivity index (χ2n) is 5.55. The third-order valence-corrected chi connectivity index (χ3v) is 3.76. The van der Waals surface area contributed by atoms with Crippen LogP contribution < -0.4 is 15.0 Å². The standard InChI is InChI=1S/C15H23N3O2/c1-4-16-5-7-18(6-1)14-8-15(10-17-9-14)20-12-19-11-13-2-3-13/h8-10,13,16H,1-7,11-12H2. The van der Waals surface area contributed by atoms with Gasteiger partial charge in [-0.2, -0.15) is 0 Å². The van der Waals surface area contributed by atoms with E-state index in [1.165, 1.54) is 12.8 Å². The fourth-order valence-electron chi connectivity index (χ4n) is 2.37. The van der Waals surface area contributed by atoms with Crippen LogP contribution in [0, 0.1) is 5.92 Å². The zero-order chi connectivity index (χ0) is 13.6. The van der Waals surface area contributed by atoms with E-state index in [4.69, 9.17) is 9.47 Å². The predicted octanol–water partition coefficient (Wildman–Crippen LogP) is 1.64. The summed E-state index contributed by atoms with van der Waals surface area (Å²) in [7, 11) is 0. The number of rotatable bonds is 6. The Bertz CT molecular complexity index is 415. The van der Waals surface area contributed by atoms with E-state index in [2.05, 4.69) is 21.3 Å². The van der Waals surface area contributed by atoms with Crippen molar-refractivity contribution >= 4 is 5.69 Å². The van der Waals surface area contributed by atoms with Gasteiger partial charge in [0.2, 0.25) is 0 Å². The van der Waals surface area contributed by atoms with E-state index >= 15 is 0 Å². The quantitative estimate of drug-likeness (QED) is 0.633. The summed E-state index contributed by atoms with van der Waals surface area (Å²) in [4.78, 5) is 6.63. The number of nitrogens with zero attached hydrogens (tertiary/aromatic N) is 2. The number of pyridine rings is 1. The van der Waals surface area contributed by atoms with Crippen molar-refractivity contribution in [2.24, 2.45) is 5.92 Å². The Labute approximate surface area is 120 Å². The van der Waals surface area contributed by atoms with E-state index in [0.717, 1.165) is 56.6 Å². The van der Waals surface area contributed by atoms with Crippen LogP contribution >= 0.6 is 0 Å². The van der Waals surface area contributed by atoms with Gasteiger partial charge >= 0.3 is 0 Å². The second kappa shape index (κ2) is 6.90. The zero-order valence-electron chi connectivity index (χ0n) is 11.9. The Hall–Kier alpha value is -1.33. The topological polar surface area (TPSA) is 46.6 Å². The van der Waals surface area contributed by atoms with Gasteiger partial charge in [-0.25, -0.2) is 0 Å². The lowest BCUT2D eigenvalue weighted by Gasteiger charge is -2.22. The zero-order valence-corrected chi connectivity index (χ0v) is 11.9. The van der Waals surface area contributed by atoms with Crippen LogP contribution in [0.25, 0.3) is 0 Å². The van der Waals surface area contributed by atoms with Gasteiger partial charge in [0, 0.05) is 25.7 Å². The monoisotopic (exact) mass is 277 g/mol. The summed E-state index contributed by atoms with van der Waals surface area (Å²) in [5, 5.41) is 3.41. The first kappa shape index (κ1) is 13.6. The first-order chi connectivity index (χ1) is 9.92. The van der Waals surface area contributed by atoms with Crippen molar-refractivity contribution in [3.05, 3.63) is 18.5 Å². The minimum atomic E-state index is 0.323. The fraction of sp³-hybridized carbons (Fsp3) is 0.667. The van der Waals surface area contributed by atoms with Gasteiger partial charge in [0.1, 0.15) is 5.75 Å². The molecule has 0 aromatic carbocycles. The van der Waals surface area contributed by atoms with Crippen molar-refractivity contribution in [2.45, 2.75) is 19.3 Å². The fourth-order valence-corrected chi connectivity index (χ4v) is 2.37. The summed E-state index contributed by atoms with van der Waals surface area (Å²) >= 11 is 0. The number of hydrogen-bond donors (Lipinski definition) is 1. The molecule has 2 aliphatic rings. The minimum absolute atomic E-state index is 0.323. The van der Waals surface area contributed by atoms with Gasteiger partial charge in [0.05, 0.1) is 24.7 Å². The molecule has 0 spiro atoms. The molecule has 1 saturated carbocycles. The molecule has 1 saturated heterocycles. The summed E-state index contributed by atoms with van der Waals surface area (Å²) in [6, 6.07) is 2.05. The third-order valence-electron chi connectivity index (χ3n) is 3.76. The SMILES string of the molecule is c1ncc(N2CCCNCC2)cc1OCOCC1CC1. The average Bonchev–Trinajstić information content (AvgIpc) is 3.30. The van der Waals surface area contributed by atoms with Crippen LogP contribution in [0.1, 0.15) is 19.3 Å². The van der Waals surface area contributed by atoms with Gasteiger partial charge in [-0.1, -0.05) is 0 Å². The molecule has 20 heavy (non-hydrogen) atoms. The minimum Gasteiger partial charge on any atom is -0.466 e. The maximum absolute atomic E-state index is 5.62. The summed E-state index contributed by atoms with van der Waals surface area (Å²) in [6.45, 7) is 5.35. The van der Waals surface area contributed by atoms with Gasteiger partial charge < -0.3 is 19.7 Å². The maximum Gasteiger partial charge on any atom is 0.189 e. The molecule has 2 fully saturated rings. The summed E-state index contributed by atoms with van der Waals surface area (Å²) in [6.07, 6.45) is 7.43. The third kappa shape index (κ3) is 4.08. The van der Waals surface area contributed by atoms with E-state index in [-0.39, 0.29) is 0 Å². The summed E-state index contributed by atoms with van der Waals surface area (Å²) < 4.78 is 11.1. The molecule has 0 amide bonds. The smallest absolute Gasteiger partial charge is 0.189 e. The van der Waals surface area contributed by atoms with Gasteiger partial charge in [-0.15, -0.1) is 0 Å². The van der Waals surface area contributed by atoms with E-state index in [1.54, 1.807) is 6.20 Å². The maximum atomic E-state index is 5.62. The Kier molecular flexibility index (Phi) is 4.71. The van der Waals surface area contributed by atoms with Gasteiger partial charge in [-0.05, 0) is 31.7 Å². The van der Waals surface area contributed by atoms with Crippen molar-refractivity contribution < 1.29 is 9.47 Å². The molecule has 3 rings (SSSR count). The highest BCUT2D eigenvalue weighted by Crippen LogP contribution is 2.28. The predicted molar refractivity (Wildman–Crippen MR) is 78.1 cm³/mol. The molecule has 1 aromatic heterocycles. The molecule has 5 nitrogen and oxygen atoms in total. The highest BCUT2D eigenvalue weighted by Gasteiger charge is 2.21. The molecule has 1 aliphatic heterocycles. The molecule has 110 valence electrons. The van der Waals surface area contributed by atoms with Crippen molar-refractivity contribution in [1.82, 2.24) is 10.3 Å². The molecule has 0 radical (unpaired) electrons. The Morgan fingerprint density at radius 2 is 2.20 bits per heavy atom. The molecule has 1 aliphatic carbocycles. The number of ether oxygens (including phenoxy) is 2. The normalized spacial score (nSPS) is 19.7. The van der Waals surface area contributed by atoms with Crippen LogP contribution in [0.3, 0.4) is 0 Å². The van der Waals surface area contributed by atoms with Crippen LogP contribution in [-0.4, -0.2) is 44.6 Å². The average molecular weight is 277 g/mol. The van der Waals surface area contributed by atoms with Crippen molar-refractivity contribution in [3.8, 4) is 5.75 Å². The van der Waals surface area contributed by atoms with Crippen molar-refractivity contribution in [1.29, 1.82) is 0 Å². The Morgan fingerprint density at radius 3 is 3.10 bits per heavy atom. The van der Waals surface area contributed by atoms with E-state index < -0.39 is 0 Å². The second-order valence-corrected chi connectivity index (χ2v) is 5.55. The van der Waals surface area contributed by atoms with E-state index in [1.807, 2.05) is 6.20 Å². The van der Waals surface area contributed by atoms with Crippen LogP contribution in [0.15, 0.2) is 18.5 Å². The van der Waals surface area contributed by atoms with E-state index in [9.17, 15) is 0 Å². The highest BCUT2D eigenvalue weighted by molar-refractivity contribution is 5.48. The first-order valence-electron chi connectivity index (χ1n) is 7.53. The first-order valence-corrected chi connectivity index (χ1v) is 7.53. The number of hydrogen-bond acceptors (Lipinski definition) is 5. The van der Waals surface area contributed by atoms with E-state index in [0.29, 0.717) is 6.79 Å². The van der Waals surface area contributed by atoms with Crippen molar-refractivity contribution in [3.63, 3.8) is 0 Å². The lowest BCUT2D eigenvalue weighted by atomic mass is 10.3.